The molecule has 4 bridgehead atoms. The van der Waals surface area contributed by atoms with Gasteiger partial charge in [0.15, 0.2) is 23.2 Å². The number of thiazole rings is 1. The smallest absolute Gasteiger partial charge is 0.258 e. The second-order valence-electron chi connectivity index (χ2n) is 10.5. The third-order valence-corrected chi connectivity index (χ3v) is 8.07. The largest absolute Gasteiger partial charge is 0.493 e. The highest BCUT2D eigenvalue weighted by atomic mass is 32.1. The fraction of sp³-hybridized carbons (Fsp3) is 0.400. The number of nitrogens with one attached hydrogen (secondary N) is 2. The number of nitrogens with two attached hydrogens (primary N) is 1. The average molecular weight is 612 g/mol. The number of ether oxygens (including phenoxy) is 3. The zero-order chi connectivity index (χ0) is 30.3. The van der Waals surface area contributed by atoms with Crippen LogP contribution in [0.2, 0.25) is 0 Å². The summed E-state index contributed by atoms with van der Waals surface area (Å²) in [6.07, 6.45) is 1.19. The van der Waals surface area contributed by atoms with Gasteiger partial charge in [0.2, 0.25) is 11.8 Å². The minimum Gasteiger partial charge on any atom is -0.493 e. The van der Waals surface area contributed by atoms with Crippen LogP contribution in [0.1, 0.15) is 36.1 Å². The summed E-state index contributed by atoms with van der Waals surface area (Å²) in [7, 11) is 1.50. The lowest BCUT2D eigenvalue weighted by Gasteiger charge is -2.39. The van der Waals surface area contributed by atoms with E-state index in [2.05, 4.69) is 15.6 Å². The van der Waals surface area contributed by atoms with Crippen LogP contribution < -0.4 is 30.6 Å². The predicted octanol–water partition coefficient (Wildman–Crippen LogP) is 2.61. The minimum absolute atomic E-state index is 0.0830. The van der Waals surface area contributed by atoms with E-state index in [4.69, 9.17) is 19.9 Å². The molecule has 5 rings (SSSR count). The van der Waals surface area contributed by atoms with Gasteiger partial charge in [0.05, 0.1) is 18.8 Å². The van der Waals surface area contributed by atoms with Crippen LogP contribution >= 0.6 is 11.3 Å². The van der Waals surface area contributed by atoms with Crippen LogP contribution in [-0.2, 0) is 33.8 Å². The second kappa shape index (κ2) is 13.7. The van der Waals surface area contributed by atoms with Crippen molar-refractivity contribution in [2.45, 2.75) is 50.8 Å². The Balaban J connectivity index is 1.36. The molecule has 0 radical (unpaired) electrons. The number of carbonyl (C=O) groups is 3. The van der Waals surface area contributed by atoms with Crippen LogP contribution in [0.3, 0.4) is 0 Å². The molecule has 11 nitrogen and oxygen atoms in total. The molecule has 0 unspecified atom stereocenters. The fourth-order valence-corrected chi connectivity index (χ4v) is 5.76. The first-order chi connectivity index (χ1) is 20.7. The van der Waals surface area contributed by atoms with E-state index < -0.39 is 23.9 Å². The van der Waals surface area contributed by atoms with E-state index in [9.17, 15) is 18.8 Å². The molecule has 2 aliphatic heterocycles. The molecule has 3 amide bonds. The van der Waals surface area contributed by atoms with Crippen molar-refractivity contribution < 1.29 is 33.0 Å². The Morgan fingerprint density at radius 2 is 2.05 bits per heavy atom. The highest BCUT2D eigenvalue weighted by molar-refractivity contribution is 7.13. The van der Waals surface area contributed by atoms with Gasteiger partial charge in [-0.2, -0.15) is 0 Å². The molecule has 0 saturated carbocycles. The molecule has 1 fully saturated rings. The van der Waals surface area contributed by atoms with E-state index >= 15 is 0 Å². The number of piperidine rings is 1. The van der Waals surface area contributed by atoms with E-state index in [1.807, 2.05) is 11.4 Å². The quantitative estimate of drug-likeness (QED) is 0.408. The number of likely N-dealkylation sites (tertiary alicyclic amines) is 1. The number of fused-ring (bicyclic) bond motifs is 5. The number of aryl methyl sites for hydroxylation is 2. The fourth-order valence-electron chi connectivity index (χ4n) is 5.16. The Morgan fingerprint density at radius 1 is 1.19 bits per heavy atom. The van der Waals surface area contributed by atoms with Crippen molar-refractivity contribution in [2.75, 3.05) is 32.5 Å². The molecule has 0 aliphatic carbocycles. The number of nitrogen functional groups attached to an aromatic ring is 1. The highest BCUT2D eigenvalue weighted by Crippen LogP contribution is 2.29. The number of benzene rings is 2. The third-order valence-electron chi connectivity index (χ3n) is 7.35. The molecule has 2 aromatic carbocycles. The number of hydrogen-bond donors (Lipinski definition) is 3. The van der Waals surface area contributed by atoms with Gasteiger partial charge in [0.25, 0.3) is 5.91 Å². The highest BCUT2D eigenvalue weighted by Gasteiger charge is 2.34. The summed E-state index contributed by atoms with van der Waals surface area (Å²) in [5.41, 5.74) is 7.84. The molecule has 228 valence electrons. The van der Waals surface area contributed by atoms with Gasteiger partial charge in [-0.3, -0.25) is 14.4 Å². The molecule has 1 saturated heterocycles. The first-order valence-electron chi connectivity index (χ1n) is 14.1. The van der Waals surface area contributed by atoms with Crippen molar-refractivity contribution in [3.63, 3.8) is 0 Å². The van der Waals surface area contributed by atoms with Crippen molar-refractivity contribution in [2.24, 2.45) is 0 Å². The van der Waals surface area contributed by atoms with Gasteiger partial charge in [-0.05, 0) is 48.2 Å². The maximum absolute atomic E-state index is 14.5. The summed E-state index contributed by atoms with van der Waals surface area (Å²) in [4.78, 5) is 44.7. The van der Waals surface area contributed by atoms with Gasteiger partial charge >= 0.3 is 0 Å². The van der Waals surface area contributed by atoms with E-state index in [0.717, 1.165) is 11.3 Å². The summed E-state index contributed by atoms with van der Waals surface area (Å²) in [6.45, 7) is 0.410. The van der Waals surface area contributed by atoms with Crippen LogP contribution in [0.25, 0.3) is 0 Å². The van der Waals surface area contributed by atoms with Gasteiger partial charge in [0.1, 0.15) is 17.7 Å². The van der Waals surface area contributed by atoms with Gasteiger partial charge in [0, 0.05) is 50.3 Å². The van der Waals surface area contributed by atoms with Crippen LogP contribution in [0, 0.1) is 5.82 Å². The molecule has 13 heteroatoms. The number of anilines is 1. The maximum atomic E-state index is 14.5. The Labute approximate surface area is 252 Å². The number of aromatic nitrogens is 1. The number of methoxy groups -OCH3 is 1. The summed E-state index contributed by atoms with van der Waals surface area (Å²) in [6, 6.07) is 8.97. The monoisotopic (exact) mass is 611 g/mol. The standard InChI is InChI=1S/C30H34FN5O6S/c1-40-25-5-2-18-3-6-27(37)33-14-19-10-20(31)13-22(11-19)42-24-8-9-36(29(39)7-4-21-17-43-30(32)34-21)15-23(24)35-28(38)16-41-26(25)12-18/h2,5,10-13,17,23-24H,3-4,6-9,14-16H2,1H3,(H2,32,34)(H,33,37)(H,35,38)/t23-,24-/m1/s1. The zero-order valence-electron chi connectivity index (χ0n) is 23.8. The molecule has 1 aromatic heterocycles. The number of amides is 3. The van der Waals surface area contributed by atoms with E-state index in [-0.39, 0.29) is 50.1 Å². The predicted molar refractivity (Wildman–Crippen MR) is 157 cm³/mol. The lowest BCUT2D eigenvalue weighted by Crippen LogP contribution is -2.58. The second-order valence-corrected chi connectivity index (χ2v) is 11.4. The molecular formula is C30H34FN5O6S. The Kier molecular flexibility index (Phi) is 9.60. The van der Waals surface area contributed by atoms with Gasteiger partial charge in [-0.15, -0.1) is 11.3 Å². The van der Waals surface area contributed by atoms with Gasteiger partial charge in [-0.25, -0.2) is 9.37 Å². The van der Waals surface area contributed by atoms with Crippen molar-refractivity contribution in [1.29, 1.82) is 0 Å². The summed E-state index contributed by atoms with van der Waals surface area (Å²) < 4.78 is 32.0. The number of carbonyl (C=O) groups excluding carboxylic acids is 3. The number of halogens is 1. The SMILES string of the molecule is COc1ccc2cc1OCC(=O)N[C@@H]1CN(C(=O)CCc3csc(N)n3)CC[C@H]1Oc1cc(F)cc(c1)CNC(=O)CC2. The molecular weight excluding hydrogens is 577 g/mol. The molecule has 0 spiro atoms. The zero-order valence-corrected chi connectivity index (χ0v) is 24.6. The first kappa shape index (κ1) is 30.1. The van der Waals surface area contributed by atoms with Crippen molar-refractivity contribution in [3.05, 3.63) is 64.4 Å². The first-order valence-corrected chi connectivity index (χ1v) is 14.9. The van der Waals surface area contributed by atoms with Gasteiger partial charge in [-0.1, -0.05) is 6.07 Å². The molecule has 2 atom stereocenters. The van der Waals surface area contributed by atoms with E-state index in [1.165, 1.54) is 30.6 Å². The Morgan fingerprint density at radius 3 is 2.84 bits per heavy atom. The molecule has 43 heavy (non-hydrogen) atoms. The minimum atomic E-state index is -0.595. The lowest BCUT2D eigenvalue weighted by molar-refractivity contribution is -0.135. The summed E-state index contributed by atoms with van der Waals surface area (Å²) in [5.74, 6) is -0.107. The molecule has 3 aromatic rings. The van der Waals surface area contributed by atoms with Crippen LogP contribution in [0.15, 0.2) is 41.8 Å². The van der Waals surface area contributed by atoms with Crippen molar-refractivity contribution in [1.82, 2.24) is 20.5 Å². The van der Waals surface area contributed by atoms with Gasteiger partial charge < -0.3 is 35.5 Å². The summed E-state index contributed by atoms with van der Waals surface area (Å²) in [5, 5.41) is 8.07. The maximum Gasteiger partial charge on any atom is 0.258 e. The number of nitrogens with zero attached hydrogens (tertiary/aromatic N) is 2. The average Bonchev–Trinajstić information content (AvgIpc) is 3.41. The topological polar surface area (TPSA) is 145 Å². The molecule has 4 N–H and O–H groups in total. The van der Waals surface area contributed by atoms with Crippen LogP contribution in [0.5, 0.6) is 17.2 Å². The number of rotatable bonds is 4. The molecule has 2 aliphatic rings. The van der Waals surface area contributed by atoms with E-state index in [0.29, 0.717) is 48.0 Å². The van der Waals surface area contributed by atoms with Crippen molar-refractivity contribution in [3.8, 4) is 17.2 Å². The lowest BCUT2D eigenvalue weighted by atomic mass is 10.0. The number of hydrogen-bond acceptors (Lipinski definition) is 9. The van der Waals surface area contributed by atoms with E-state index in [1.54, 1.807) is 23.1 Å². The Hall–Kier alpha value is -4.39. The van der Waals surface area contributed by atoms with Crippen LogP contribution in [-0.4, -0.2) is 66.6 Å². The van der Waals surface area contributed by atoms with Crippen LogP contribution in [0.4, 0.5) is 9.52 Å². The Bertz CT molecular complexity index is 1480. The summed E-state index contributed by atoms with van der Waals surface area (Å²) >= 11 is 1.33. The molecule has 3 heterocycles. The normalized spacial score (nSPS) is 19.4. The third kappa shape index (κ3) is 8.13. The van der Waals surface area contributed by atoms with Crippen molar-refractivity contribution >= 4 is 34.2 Å².